The van der Waals surface area contributed by atoms with E-state index < -0.39 is 0 Å². The molecule has 0 aliphatic rings. The van der Waals surface area contributed by atoms with Crippen molar-refractivity contribution < 1.29 is 9.18 Å². The van der Waals surface area contributed by atoms with Crippen LogP contribution in [0.1, 0.15) is 5.56 Å². The smallest absolute Gasteiger partial charge is 0.262 e. The van der Waals surface area contributed by atoms with Gasteiger partial charge in [-0.05, 0) is 29.7 Å². The van der Waals surface area contributed by atoms with Crippen molar-refractivity contribution in [3.8, 4) is 10.4 Å². The molecule has 5 nitrogen and oxygen atoms in total. The van der Waals surface area contributed by atoms with E-state index in [1.54, 1.807) is 18.2 Å². The number of carbonyl (C=O) groups excluding carboxylic acids is 1. The summed E-state index contributed by atoms with van der Waals surface area (Å²) < 4.78 is 14.9. The van der Waals surface area contributed by atoms with Gasteiger partial charge < -0.3 is 5.32 Å². The van der Waals surface area contributed by atoms with Gasteiger partial charge in [-0.15, -0.1) is 11.3 Å². The van der Waals surface area contributed by atoms with E-state index in [4.69, 9.17) is 0 Å². The van der Waals surface area contributed by atoms with E-state index >= 15 is 0 Å². The van der Waals surface area contributed by atoms with Gasteiger partial charge in [0, 0.05) is 11.4 Å². The second kappa shape index (κ2) is 8.36. The van der Waals surface area contributed by atoms with Crippen molar-refractivity contribution in [1.29, 1.82) is 0 Å². The van der Waals surface area contributed by atoms with Crippen LogP contribution in [0, 0.1) is 5.82 Å². The van der Waals surface area contributed by atoms with Gasteiger partial charge in [-0.1, -0.05) is 48.5 Å². The molecule has 0 spiro atoms. The Hall–Kier alpha value is -3.32. The Kier molecular flexibility index (Phi) is 5.48. The molecule has 0 bridgehead atoms. The largest absolute Gasteiger partial charge is 0.354 e. The molecule has 146 valence electrons. The molecule has 0 saturated carbocycles. The van der Waals surface area contributed by atoms with Crippen molar-refractivity contribution >= 4 is 27.5 Å². The molecule has 0 unspecified atom stereocenters. The monoisotopic (exact) mass is 407 g/mol. The van der Waals surface area contributed by atoms with Gasteiger partial charge in [0.05, 0.1) is 11.7 Å². The van der Waals surface area contributed by atoms with E-state index in [2.05, 4.69) is 10.3 Å². The predicted molar refractivity (Wildman–Crippen MR) is 112 cm³/mol. The molecule has 2 heterocycles. The number of hydrogen-bond donors (Lipinski definition) is 1. The average molecular weight is 407 g/mol. The summed E-state index contributed by atoms with van der Waals surface area (Å²) in [7, 11) is 0. The van der Waals surface area contributed by atoms with E-state index in [1.165, 1.54) is 28.3 Å². The maximum absolute atomic E-state index is 13.6. The van der Waals surface area contributed by atoms with Crippen LogP contribution in [0.2, 0.25) is 0 Å². The fourth-order valence-corrected chi connectivity index (χ4v) is 4.06. The van der Waals surface area contributed by atoms with Crippen LogP contribution < -0.4 is 10.9 Å². The lowest BCUT2D eigenvalue weighted by molar-refractivity contribution is -0.121. The number of fused-ring (bicyclic) bond motifs is 1. The standard InChI is InChI=1S/C22H18FN3O2S/c23-18-9-5-4-6-15(18)10-11-24-20(27)13-26-14-25-21-17(22(26)28)12-19(29-21)16-7-2-1-3-8-16/h1-9,12,14H,10-11,13H2,(H,24,27). The van der Waals surface area contributed by atoms with E-state index in [0.717, 1.165) is 10.4 Å². The summed E-state index contributed by atoms with van der Waals surface area (Å²) >= 11 is 1.44. The first-order valence-electron chi connectivity index (χ1n) is 9.16. The molecule has 0 atom stereocenters. The van der Waals surface area contributed by atoms with E-state index in [9.17, 15) is 14.0 Å². The number of thiophene rings is 1. The SMILES string of the molecule is O=C(Cn1cnc2sc(-c3ccccc3)cc2c1=O)NCCc1ccccc1F. The highest BCUT2D eigenvalue weighted by Gasteiger charge is 2.12. The third-order valence-corrected chi connectivity index (χ3v) is 5.66. The summed E-state index contributed by atoms with van der Waals surface area (Å²) in [6.45, 7) is 0.163. The molecule has 2 aromatic heterocycles. The minimum atomic E-state index is -0.317. The topological polar surface area (TPSA) is 64.0 Å². The number of hydrogen-bond acceptors (Lipinski definition) is 4. The molecule has 4 rings (SSSR count). The Balaban J connectivity index is 1.45. The molecule has 0 aliphatic heterocycles. The molecule has 0 aliphatic carbocycles. The van der Waals surface area contributed by atoms with Crippen molar-refractivity contribution in [2.45, 2.75) is 13.0 Å². The van der Waals surface area contributed by atoms with Gasteiger partial charge in [-0.25, -0.2) is 9.37 Å². The minimum absolute atomic E-state index is 0.129. The third kappa shape index (κ3) is 4.25. The number of halogens is 1. The number of nitrogens with zero attached hydrogens (tertiary/aromatic N) is 2. The van der Waals surface area contributed by atoms with Crippen LogP contribution in [0.15, 0.2) is 71.8 Å². The van der Waals surface area contributed by atoms with Gasteiger partial charge in [-0.3, -0.25) is 14.2 Å². The van der Waals surface area contributed by atoms with Gasteiger partial charge in [0.25, 0.3) is 5.56 Å². The first-order chi connectivity index (χ1) is 14.1. The number of benzene rings is 2. The number of aromatic nitrogens is 2. The van der Waals surface area contributed by atoms with Crippen molar-refractivity contribution in [2.75, 3.05) is 6.54 Å². The van der Waals surface area contributed by atoms with E-state index in [1.807, 2.05) is 36.4 Å². The highest BCUT2D eigenvalue weighted by Crippen LogP contribution is 2.30. The van der Waals surface area contributed by atoms with Crippen LogP contribution in [0.25, 0.3) is 20.7 Å². The van der Waals surface area contributed by atoms with Crippen LogP contribution in [-0.4, -0.2) is 22.0 Å². The summed E-state index contributed by atoms with van der Waals surface area (Å²) in [6.07, 6.45) is 1.78. The summed E-state index contributed by atoms with van der Waals surface area (Å²) in [5.74, 6) is -0.609. The number of amides is 1. The van der Waals surface area contributed by atoms with Gasteiger partial charge in [0.2, 0.25) is 5.91 Å². The van der Waals surface area contributed by atoms with E-state index in [0.29, 0.717) is 28.7 Å². The van der Waals surface area contributed by atoms with Crippen LogP contribution in [0.5, 0.6) is 0 Å². The van der Waals surface area contributed by atoms with Crippen molar-refractivity contribution in [3.63, 3.8) is 0 Å². The van der Waals surface area contributed by atoms with Crippen molar-refractivity contribution in [3.05, 3.63) is 88.7 Å². The quantitative estimate of drug-likeness (QED) is 0.531. The summed E-state index contributed by atoms with van der Waals surface area (Å²) in [5, 5.41) is 3.22. The Labute approximate surface area is 170 Å². The Morgan fingerprint density at radius 1 is 1.10 bits per heavy atom. The lowest BCUT2D eigenvalue weighted by Crippen LogP contribution is -2.33. The lowest BCUT2D eigenvalue weighted by Gasteiger charge is -2.07. The molecule has 7 heteroatoms. The van der Waals surface area contributed by atoms with Gasteiger partial charge in [0.15, 0.2) is 0 Å². The zero-order valence-corrected chi connectivity index (χ0v) is 16.3. The van der Waals surface area contributed by atoms with Crippen LogP contribution in [0.3, 0.4) is 0 Å². The number of nitrogens with one attached hydrogen (secondary N) is 1. The molecule has 1 amide bonds. The molecule has 4 aromatic rings. The number of rotatable bonds is 6. The lowest BCUT2D eigenvalue weighted by atomic mass is 10.1. The molecule has 0 radical (unpaired) electrons. The minimum Gasteiger partial charge on any atom is -0.354 e. The summed E-state index contributed by atoms with van der Waals surface area (Å²) in [5.41, 5.74) is 1.31. The zero-order chi connectivity index (χ0) is 20.2. The molecular weight excluding hydrogens is 389 g/mol. The molecule has 1 N–H and O–H groups in total. The highest BCUT2D eigenvalue weighted by atomic mass is 32.1. The average Bonchev–Trinajstić information content (AvgIpc) is 3.17. The fourth-order valence-electron chi connectivity index (χ4n) is 3.07. The Morgan fingerprint density at radius 2 is 1.86 bits per heavy atom. The zero-order valence-electron chi connectivity index (χ0n) is 15.5. The van der Waals surface area contributed by atoms with Crippen LogP contribution in [0.4, 0.5) is 4.39 Å². The predicted octanol–water partition coefficient (Wildman–Crippen LogP) is 3.62. The number of carbonyl (C=O) groups is 1. The Morgan fingerprint density at radius 3 is 2.66 bits per heavy atom. The summed E-state index contributed by atoms with van der Waals surface area (Å²) in [4.78, 5) is 30.9. The Bertz CT molecular complexity index is 1220. The van der Waals surface area contributed by atoms with Gasteiger partial charge in [0.1, 0.15) is 17.2 Å². The van der Waals surface area contributed by atoms with Crippen LogP contribution in [-0.2, 0) is 17.8 Å². The fraction of sp³-hybridized carbons (Fsp3) is 0.136. The highest BCUT2D eigenvalue weighted by molar-refractivity contribution is 7.21. The molecule has 29 heavy (non-hydrogen) atoms. The third-order valence-electron chi connectivity index (χ3n) is 4.56. The summed E-state index contributed by atoms with van der Waals surface area (Å²) in [6, 6.07) is 18.1. The van der Waals surface area contributed by atoms with Gasteiger partial charge in [-0.2, -0.15) is 0 Å². The normalized spacial score (nSPS) is 10.9. The van der Waals surface area contributed by atoms with Crippen molar-refractivity contribution in [1.82, 2.24) is 14.9 Å². The second-order valence-electron chi connectivity index (χ2n) is 6.56. The van der Waals surface area contributed by atoms with Gasteiger partial charge >= 0.3 is 0 Å². The molecule has 0 saturated heterocycles. The first-order valence-corrected chi connectivity index (χ1v) is 9.98. The van der Waals surface area contributed by atoms with Crippen LogP contribution >= 0.6 is 11.3 Å². The maximum atomic E-state index is 13.6. The van der Waals surface area contributed by atoms with Crippen molar-refractivity contribution in [2.24, 2.45) is 0 Å². The second-order valence-corrected chi connectivity index (χ2v) is 7.60. The first kappa shape index (κ1) is 19.0. The molecule has 0 fully saturated rings. The van der Waals surface area contributed by atoms with E-state index in [-0.39, 0.29) is 23.8 Å². The molecule has 2 aromatic carbocycles. The molecular formula is C22H18FN3O2S. The maximum Gasteiger partial charge on any atom is 0.262 e.